The van der Waals surface area contributed by atoms with Gasteiger partial charge in [0.05, 0.1) is 13.3 Å². The monoisotopic (exact) mass is 344 g/mol. The van der Waals surface area contributed by atoms with Crippen molar-refractivity contribution in [3.05, 3.63) is 65.5 Å². The lowest BCUT2D eigenvalue weighted by Gasteiger charge is -2.10. The van der Waals surface area contributed by atoms with Crippen LogP contribution in [0.25, 0.3) is 0 Å². The van der Waals surface area contributed by atoms with Gasteiger partial charge in [-0.15, -0.1) is 0 Å². The van der Waals surface area contributed by atoms with E-state index in [-0.39, 0.29) is 11.7 Å². The largest absolute Gasteiger partial charge is 0.497 e. The molecule has 1 unspecified atom stereocenters. The van der Waals surface area contributed by atoms with E-state index in [1.807, 2.05) is 24.3 Å². The van der Waals surface area contributed by atoms with Crippen LogP contribution in [0.1, 0.15) is 18.1 Å². The molecule has 2 rings (SSSR count). The Hall–Kier alpha value is -2.89. The molecule has 0 aromatic heterocycles. The van der Waals surface area contributed by atoms with Gasteiger partial charge in [-0.3, -0.25) is 4.79 Å². The summed E-state index contributed by atoms with van der Waals surface area (Å²) < 4.78 is 17.9. The van der Waals surface area contributed by atoms with E-state index in [0.717, 1.165) is 11.3 Å². The number of hydrogen-bond donors (Lipinski definition) is 1. The molecule has 0 aliphatic carbocycles. The van der Waals surface area contributed by atoms with Crippen molar-refractivity contribution in [2.45, 2.75) is 19.4 Å². The lowest BCUT2D eigenvalue weighted by atomic mass is 10.1. The van der Waals surface area contributed by atoms with Crippen LogP contribution in [0.15, 0.2) is 53.7 Å². The molecule has 5 nitrogen and oxygen atoms in total. The van der Waals surface area contributed by atoms with Crippen molar-refractivity contribution in [1.82, 2.24) is 5.32 Å². The maximum Gasteiger partial charge on any atom is 0.263 e. The van der Waals surface area contributed by atoms with Crippen LogP contribution in [-0.2, 0) is 16.1 Å². The average Bonchev–Trinajstić information content (AvgIpc) is 2.63. The van der Waals surface area contributed by atoms with E-state index in [0.29, 0.717) is 18.5 Å². The Labute approximate surface area is 146 Å². The predicted octanol–water partition coefficient (Wildman–Crippen LogP) is 2.93. The van der Waals surface area contributed by atoms with E-state index in [4.69, 9.17) is 9.57 Å². The molecule has 0 saturated carbocycles. The van der Waals surface area contributed by atoms with Crippen molar-refractivity contribution < 1.29 is 18.8 Å². The number of carbonyl (C=O) groups excluding carboxylic acids is 1. The Bertz CT molecular complexity index is 700. The maximum absolute atomic E-state index is 12.8. The summed E-state index contributed by atoms with van der Waals surface area (Å²) in [5, 5.41) is 6.55. The zero-order chi connectivity index (χ0) is 18.1. The standard InChI is InChI=1S/C19H21FN2O3/c1-14(25-22-13-16-3-7-17(20)8-4-16)19(23)21-12-11-15-5-9-18(24-2)10-6-15/h3-10,13-14H,11-12H2,1-2H3,(H,21,23). The van der Waals surface area contributed by atoms with Gasteiger partial charge in [0, 0.05) is 6.54 Å². The predicted molar refractivity (Wildman–Crippen MR) is 94.2 cm³/mol. The molecule has 25 heavy (non-hydrogen) atoms. The smallest absolute Gasteiger partial charge is 0.263 e. The third-order valence-corrected chi connectivity index (χ3v) is 3.53. The summed E-state index contributed by atoms with van der Waals surface area (Å²) in [7, 11) is 1.62. The first kappa shape index (κ1) is 18.4. The number of amides is 1. The molecule has 2 aromatic carbocycles. The first-order valence-electron chi connectivity index (χ1n) is 7.94. The number of carbonyl (C=O) groups is 1. The molecule has 1 N–H and O–H groups in total. The van der Waals surface area contributed by atoms with Crippen molar-refractivity contribution in [1.29, 1.82) is 0 Å². The Morgan fingerprint density at radius 2 is 1.88 bits per heavy atom. The number of benzene rings is 2. The van der Waals surface area contributed by atoms with Crippen molar-refractivity contribution >= 4 is 12.1 Å². The van der Waals surface area contributed by atoms with Crippen LogP contribution in [0.5, 0.6) is 5.75 Å². The van der Waals surface area contributed by atoms with E-state index in [2.05, 4.69) is 10.5 Å². The third kappa shape index (κ3) is 6.25. The number of nitrogens with one attached hydrogen (secondary N) is 1. The van der Waals surface area contributed by atoms with Crippen molar-refractivity contribution in [3.63, 3.8) is 0 Å². The number of methoxy groups -OCH3 is 1. The molecule has 1 amide bonds. The summed E-state index contributed by atoms with van der Waals surface area (Å²) >= 11 is 0. The lowest BCUT2D eigenvalue weighted by molar-refractivity contribution is -0.131. The Kier molecular flexibility index (Phi) is 6.95. The fourth-order valence-electron chi connectivity index (χ4n) is 2.05. The minimum absolute atomic E-state index is 0.246. The van der Waals surface area contributed by atoms with Gasteiger partial charge in [-0.1, -0.05) is 29.4 Å². The Balaban J connectivity index is 1.71. The first-order chi connectivity index (χ1) is 12.1. The van der Waals surface area contributed by atoms with E-state index in [1.165, 1.54) is 18.3 Å². The molecule has 0 radical (unpaired) electrons. The second-order valence-corrected chi connectivity index (χ2v) is 5.42. The maximum atomic E-state index is 12.8. The summed E-state index contributed by atoms with van der Waals surface area (Å²) in [6.07, 6.45) is 1.43. The molecule has 0 heterocycles. The highest BCUT2D eigenvalue weighted by Gasteiger charge is 2.13. The second kappa shape index (κ2) is 9.42. The molecule has 0 aliphatic rings. The molecule has 0 aliphatic heterocycles. The number of hydrogen-bond acceptors (Lipinski definition) is 4. The van der Waals surface area contributed by atoms with Crippen LogP contribution in [0.3, 0.4) is 0 Å². The zero-order valence-electron chi connectivity index (χ0n) is 14.2. The highest BCUT2D eigenvalue weighted by Crippen LogP contribution is 2.11. The van der Waals surface area contributed by atoms with E-state index in [9.17, 15) is 9.18 Å². The fourth-order valence-corrected chi connectivity index (χ4v) is 2.05. The molecular formula is C19H21FN2O3. The molecule has 2 aromatic rings. The molecule has 0 bridgehead atoms. The topological polar surface area (TPSA) is 59.9 Å². The number of halogens is 1. The zero-order valence-corrected chi connectivity index (χ0v) is 14.2. The van der Waals surface area contributed by atoms with Crippen LogP contribution in [0.2, 0.25) is 0 Å². The molecule has 6 heteroatoms. The van der Waals surface area contributed by atoms with Gasteiger partial charge in [0.15, 0.2) is 0 Å². The van der Waals surface area contributed by atoms with Crippen LogP contribution in [0.4, 0.5) is 4.39 Å². The molecule has 132 valence electrons. The number of oxime groups is 1. The van der Waals surface area contributed by atoms with E-state index in [1.54, 1.807) is 26.2 Å². The van der Waals surface area contributed by atoms with Gasteiger partial charge in [0.1, 0.15) is 11.6 Å². The minimum Gasteiger partial charge on any atom is -0.497 e. The van der Waals surface area contributed by atoms with E-state index >= 15 is 0 Å². The Morgan fingerprint density at radius 1 is 1.20 bits per heavy atom. The van der Waals surface area contributed by atoms with Crippen LogP contribution in [0, 0.1) is 5.82 Å². The highest BCUT2D eigenvalue weighted by molar-refractivity contribution is 5.81. The summed E-state index contributed by atoms with van der Waals surface area (Å²) in [6, 6.07) is 13.5. The van der Waals surface area contributed by atoms with Crippen molar-refractivity contribution in [2.75, 3.05) is 13.7 Å². The summed E-state index contributed by atoms with van der Waals surface area (Å²) in [6.45, 7) is 2.12. The molecule has 1 atom stereocenters. The number of ether oxygens (including phenoxy) is 1. The van der Waals surface area contributed by atoms with Crippen molar-refractivity contribution in [3.8, 4) is 5.75 Å². The first-order valence-corrected chi connectivity index (χ1v) is 7.94. The lowest BCUT2D eigenvalue weighted by Crippen LogP contribution is -2.34. The molecule has 0 fully saturated rings. The molecular weight excluding hydrogens is 323 g/mol. The van der Waals surface area contributed by atoms with Crippen molar-refractivity contribution in [2.24, 2.45) is 5.16 Å². The van der Waals surface area contributed by atoms with Gasteiger partial charge in [-0.25, -0.2) is 4.39 Å². The van der Waals surface area contributed by atoms with Gasteiger partial charge in [0.25, 0.3) is 5.91 Å². The van der Waals surface area contributed by atoms with Crippen LogP contribution in [-0.4, -0.2) is 31.9 Å². The van der Waals surface area contributed by atoms with E-state index < -0.39 is 6.10 Å². The number of nitrogens with zero attached hydrogens (tertiary/aromatic N) is 1. The Morgan fingerprint density at radius 3 is 2.52 bits per heavy atom. The fraction of sp³-hybridized carbons (Fsp3) is 0.263. The number of rotatable bonds is 8. The quantitative estimate of drug-likeness (QED) is 0.592. The third-order valence-electron chi connectivity index (χ3n) is 3.53. The summed E-state index contributed by atoms with van der Waals surface area (Å²) in [5.74, 6) is 0.237. The average molecular weight is 344 g/mol. The van der Waals surface area contributed by atoms with Gasteiger partial charge >= 0.3 is 0 Å². The minimum atomic E-state index is -0.715. The van der Waals surface area contributed by atoms with Gasteiger partial charge in [-0.2, -0.15) is 0 Å². The normalized spacial score (nSPS) is 12.0. The van der Waals surface area contributed by atoms with Gasteiger partial charge in [-0.05, 0) is 48.7 Å². The highest BCUT2D eigenvalue weighted by atomic mass is 19.1. The summed E-state index contributed by atoms with van der Waals surface area (Å²) in [5.41, 5.74) is 1.79. The van der Waals surface area contributed by atoms with Crippen LogP contribution < -0.4 is 10.1 Å². The van der Waals surface area contributed by atoms with Gasteiger partial charge < -0.3 is 14.9 Å². The molecule has 0 spiro atoms. The molecule has 0 saturated heterocycles. The summed E-state index contributed by atoms with van der Waals surface area (Å²) in [4.78, 5) is 17.1. The van der Waals surface area contributed by atoms with Gasteiger partial charge in [0.2, 0.25) is 6.10 Å². The SMILES string of the molecule is COc1ccc(CCNC(=O)C(C)ON=Cc2ccc(F)cc2)cc1. The second-order valence-electron chi connectivity index (χ2n) is 5.42. The van der Waals surface area contributed by atoms with Crippen LogP contribution >= 0.6 is 0 Å².